The summed E-state index contributed by atoms with van der Waals surface area (Å²) in [5.74, 6) is -1.09. The third kappa shape index (κ3) is 4.58. The third-order valence-corrected chi connectivity index (χ3v) is 5.04. The summed E-state index contributed by atoms with van der Waals surface area (Å²) in [7, 11) is -0.858. The standard InChI is InChI=1S/C18H25BF3NO4/c1-7-23(8-2)15(24)13-10-9-12(11-14(13)25-18(20,21)22)19-26-16(3,4)17(5,6)27-19/h9-11H,7-8H2,1-6H3. The summed E-state index contributed by atoms with van der Waals surface area (Å²) in [6.45, 7) is 11.6. The molecule has 0 spiro atoms. The van der Waals surface area contributed by atoms with Crippen LogP contribution >= 0.6 is 0 Å². The van der Waals surface area contributed by atoms with Crippen LogP contribution < -0.4 is 10.2 Å². The van der Waals surface area contributed by atoms with Crippen molar-refractivity contribution in [2.75, 3.05) is 13.1 Å². The second-order valence-corrected chi connectivity index (χ2v) is 7.37. The molecule has 1 amide bonds. The normalized spacial score (nSPS) is 18.5. The van der Waals surface area contributed by atoms with Crippen molar-refractivity contribution in [3.05, 3.63) is 23.8 Å². The summed E-state index contributed by atoms with van der Waals surface area (Å²) in [6, 6.07) is 4.01. The first-order chi connectivity index (χ1) is 12.3. The van der Waals surface area contributed by atoms with Gasteiger partial charge in [-0.1, -0.05) is 6.07 Å². The van der Waals surface area contributed by atoms with Crippen LogP contribution in [0.3, 0.4) is 0 Å². The molecule has 1 aliphatic heterocycles. The van der Waals surface area contributed by atoms with Crippen LogP contribution in [0.1, 0.15) is 51.9 Å². The molecule has 0 saturated carbocycles. The number of hydrogen-bond acceptors (Lipinski definition) is 4. The van der Waals surface area contributed by atoms with E-state index in [0.717, 1.165) is 6.07 Å². The minimum Gasteiger partial charge on any atom is -0.405 e. The molecular formula is C18H25BF3NO4. The summed E-state index contributed by atoms with van der Waals surface area (Å²) in [6.07, 6.45) is -4.92. The van der Waals surface area contributed by atoms with Crippen LogP contribution in [0.15, 0.2) is 18.2 Å². The van der Waals surface area contributed by atoms with E-state index in [2.05, 4.69) is 4.74 Å². The molecule has 0 aromatic heterocycles. The van der Waals surface area contributed by atoms with Gasteiger partial charge in [-0.2, -0.15) is 0 Å². The van der Waals surface area contributed by atoms with E-state index in [4.69, 9.17) is 9.31 Å². The lowest BCUT2D eigenvalue weighted by atomic mass is 9.78. The van der Waals surface area contributed by atoms with Gasteiger partial charge >= 0.3 is 13.5 Å². The molecule has 1 fully saturated rings. The average Bonchev–Trinajstić information content (AvgIpc) is 2.75. The van der Waals surface area contributed by atoms with Gasteiger partial charge < -0.3 is 18.9 Å². The first-order valence-corrected chi connectivity index (χ1v) is 8.86. The van der Waals surface area contributed by atoms with Gasteiger partial charge in [0, 0.05) is 13.1 Å². The Morgan fingerprint density at radius 1 is 1.11 bits per heavy atom. The second-order valence-electron chi connectivity index (χ2n) is 7.37. The quantitative estimate of drug-likeness (QED) is 0.727. The molecule has 0 aliphatic carbocycles. The number of carbonyl (C=O) groups excluding carboxylic acids is 1. The van der Waals surface area contributed by atoms with E-state index >= 15 is 0 Å². The Hall–Kier alpha value is -1.74. The maximum absolute atomic E-state index is 12.9. The zero-order chi connectivity index (χ0) is 20.6. The van der Waals surface area contributed by atoms with Crippen molar-refractivity contribution >= 4 is 18.5 Å². The van der Waals surface area contributed by atoms with Crippen molar-refractivity contribution in [3.63, 3.8) is 0 Å². The predicted octanol–water partition coefficient (Wildman–Crippen LogP) is 3.37. The number of benzene rings is 1. The monoisotopic (exact) mass is 387 g/mol. The van der Waals surface area contributed by atoms with Crippen LogP contribution in [0, 0.1) is 0 Å². The molecule has 5 nitrogen and oxygen atoms in total. The SMILES string of the molecule is CCN(CC)C(=O)c1ccc(B2OC(C)(C)C(C)(C)O2)cc1OC(F)(F)F. The number of halogens is 3. The van der Waals surface area contributed by atoms with E-state index in [1.807, 2.05) is 27.7 Å². The van der Waals surface area contributed by atoms with Gasteiger partial charge in [0.2, 0.25) is 0 Å². The molecule has 0 atom stereocenters. The highest BCUT2D eigenvalue weighted by Gasteiger charge is 2.52. The highest BCUT2D eigenvalue weighted by molar-refractivity contribution is 6.62. The highest BCUT2D eigenvalue weighted by atomic mass is 19.4. The van der Waals surface area contributed by atoms with Crippen LogP contribution in [0.2, 0.25) is 0 Å². The predicted molar refractivity (Wildman–Crippen MR) is 96.1 cm³/mol. The van der Waals surface area contributed by atoms with E-state index in [1.54, 1.807) is 13.8 Å². The van der Waals surface area contributed by atoms with Crippen molar-refractivity contribution in [2.45, 2.75) is 59.1 Å². The first-order valence-electron chi connectivity index (χ1n) is 8.86. The van der Waals surface area contributed by atoms with E-state index < -0.39 is 36.3 Å². The molecule has 1 saturated heterocycles. The van der Waals surface area contributed by atoms with Crippen LogP contribution in [0.4, 0.5) is 13.2 Å². The zero-order valence-corrected chi connectivity index (χ0v) is 16.4. The number of carbonyl (C=O) groups is 1. The van der Waals surface area contributed by atoms with Crippen LogP contribution in [-0.2, 0) is 9.31 Å². The van der Waals surface area contributed by atoms with Gasteiger partial charge in [-0.15, -0.1) is 13.2 Å². The van der Waals surface area contributed by atoms with Crippen molar-refractivity contribution in [1.29, 1.82) is 0 Å². The molecule has 1 aromatic rings. The maximum atomic E-state index is 12.9. The Kier molecular flexibility index (Phi) is 5.87. The van der Waals surface area contributed by atoms with Gasteiger partial charge in [0.25, 0.3) is 5.91 Å². The number of amides is 1. The minimum absolute atomic E-state index is 0.156. The average molecular weight is 387 g/mol. The molecule has 1 aliphatic rings. The molecule has 0 N–H and O–H groups in total. The maximum Gasteiger partial charge on any atom is 0.573 e. The molecule has 27 heavy (non-hydrogen) atoms. The molecule has 1 aromatic carbocycles. The van der Waals surface area contributed by atoms with Crippen LogP contribution in [0.5, 0.6) is 5.75 Å². The van der Waals surface area contributed by atoms with Gasteiger partial charge in [-0.25, -0.2) is 0 Å². The van der Waals surface area contributed by atoms with E-state index in [0.29, 0.717) is 18.6 Å². The molecule has 0 unspecified atom stereocenters. The highest BCUT2D eigenvalue weighted by Crippen LogP contribution is 2.37. The van der Waals surface area contributed by atoms with Gasteiger partial charge in [-0.05, 0) is 59.1 Å². The van der Waals surface area contributed by atoms with E-state index in [9.17, 15) is 18.0 Å². The molecule has 0 bridgehead atoms. The van der Waals surface area contributed by atoms with Crippen molar-refractivity contribution in [1.82, 2.24) is 4.90 Å². The molecule has 150 valence electrons. The van der Waals surface area contributed by atoms with Crippen LogP contribution in [0.25, 0.3) is 0 Å². The van der Waals surface area contributed by atoms with Crippen molar-refractivity contribution < 1.29 is 32.0 Å². The van der Waals surface area contributed by atoms with E-state index in [1.165, 1.54) is 17.0 Å². The van der Waals surface area contributed by atoms with Crippen LogP contribution in [-0.4, -0.2) is 48.6 Å². The van der Waals surface area contributed by atoms with Gasteiger partial charge in [0.05, 0.1) is 16.8 Å². The van der Waals surface area contributed by atoms with Crippen molar-refractivity contribution in [3.8, 4) is 5.75 Å². The summed E-state index contributed by atoms with van der Waals surface area (Å²) in [5.41, 5.74) is -1.09. The van der Waals surface area contributed by atoms with Crippen molar-refractivity contribution in [2.24, 2.45) is 0 Å². The zero-order valence-electron chi connectivity index (χ0n) is 16.4. The van der Waals surface area contributed by atoms with Gasteiger partial charge in [0.15, 0.2) is 0 Å². The number of ether oxygens (including phenoxy) is 1. The molecule has 2 rings (SSSR count). The summed E-state index contributed by atoms with van der Waals surface area (Å²) < 4.78 is 54.6. The number of nitrogens with zero attached hydrogens (tertiary/aromatic N) is 1. The Balaban J connectivity index is 2.43. The topological polar surface area (TPSA) is 48.0 Å². The first kappa shape index (κ1) is 21.6. The van der Waals surface area contributed by atoms with E-state index in [-0.39, 0.29) is 5.56 Å². The Morgan fingerprint density at radius 3 is 2.07 bits per heavy atom. The number of hydrogen-bond donors (Lipinski definition) is 0. The summed E-state index contributed by atoms with van der Waals surface area (Å²) in [4.78, 5) is 14.0. The molecule has 1 heterocycles. The lowest BCUT2D eigenvalue weighted by molar-refractivity contribution is -0.274. The fourth-order valence-corrected chi connectivity index (χ4v) is 2.73. The fourth-order valence-electron chi connectivity index (χ4n) is 2.73. The lowest BCUT2D eigenvalue weighted by Gasteiger charge is -2.32. The largest absolute Gasteiger partial charge is 0.573 e. The lowest BCUT2D eigenvalue weighted by Crippen LogP contribution is -2.41. The van der Waals surface area contributed by atoms with Gasteiger partial charge in [-0.3, -0.25) is 4.79 Å². The Morgan fingerprint density at radius 2 is 1.63 bits per heavy atom. The van der Waals surface area contributed by atoms with Gasteiger partial charge in [0.1, 0.15) is 5.75 Å². The third-order valence-electron chi connectivity index (χ3n) is 5.04. The minimum atomic E-state index is -4.92. The summed E-state index contributed by atoms with van der Waals surface area (Å²) in [5, 5.41) is 0. The second kappa shape index (κ2) is 7.35. The molecule has 0 radical (unpaired) electrons. The summed E-state index contributed by atoms with van der Waals surface area (Å²) >= 11 is 0. The molecular weight excluding hydrogens is 362 g/mol. The number of rotatable bonds is 5. The Bertz CT molecular complexity index is 686. The molecule has 9 heteroatoms. The number of alkyl halides is 3. The fraction of sp³-hybridized carbons (Fsp3) is 0.611. The Labute approximate surface area is 157 Å². The smallest absolute Gasteiger partial charge is 0.405 e.